The van der Waals surface area contributed by atoms with Crippen LogP contribution in [0, 0.1) is 0 Å². The summed E-state index contributed by atoms with van der Waals surface area (Å²) in [6, 6.07) is 0. The molecule has 0 saturated heterocycles. The molecule has 0 aromatic heterocycles. The molecule has 1 aliphatic carbocycles. The van der Waals surface area contributed by atoms with E-state index >= 15 is 0 Å². The van der Waals surface area contributed by atoms with Crippen LogP contribution in [0.1, 0.15) is 39.0 Å². The van der Waals surface area contributed by atoms with Gasteiger partial charge >= 0.3 is 5.97 Å². The number of esters is 1. The van der Waals surface area contributed by atoms with E-state index in [0.717, 1.165) is 27.1 Å². The van der Waals surface area contributed by atoms with Crippen molar-refractivity contribution in [1.82, 2.24) is 0 Å². The van der Waals surface area contributed by atoms with Crippen molar-refractivity contribution in [2.24, 2.45) is 0 Å². The lowest BCUT2D eigenvalue weighted by Crippen LogP contribution is -2.20. The van der Waals surface area contributed by atoms with Crippen LogP contribution < -0.4 is 0 Å². The van der Waals surface area contributed by atoms with Crippen LogP contribution in [-0.4, -0.2) is 36.5 Å². The van der Waals surface area contributed by atoms with Gasteiger partial charge in [0.2, 0.25) is 0 Å². The summed E-state index contributed by atoms with van der Waals surface area (Å²) in [6.45, 7) is 5.23. The Morgan fingerprint density at radius 2 is 1.56 bits per heavy atom. The van der Waals surface area contributed by atoms with E-state index in [1.807, 2.05) is 0 Å². The van der Waals surface area contributed by atoms with Crippen molar-refractivity contribution in [3.8, 4) is 0 Å². The van der Waals surface area contributed by atoms with Crippen LogP contribution >= 0.6 is 0 Å². The summed E-state index contributed by atoms with van der Waals surface area (Å²) in [5, 5.41) is 14.0. The first-order chi connectivity index (χ1) is 7.70. The largest absolute Gasteiger partial charge is 0.459 e. The molecular formula is C12H24O4. The second kappa shape index (κ2) is 12.2. The molecule has 1 aliphatic rings. The van der Waals surface area contributed by atoms with Crippen LogP contribution in [0.4, 0.5) is 0 Å². The van der Waals surface area contributed by atoms with Crippen LogP contribution in [0.25, 0.3) is 0 Å². The topological polar surface area (TPSA) is 66.8 Å². The molecule has 1 fully saturated rings. The van der Waals surface area contributed by atoms with E-state index in [0.29, 0.717) is 5.57 Å². The van der Waals surface area contributed by atoms with Gasteiger partial charge in [0, 0.05) is 19.8 Å². The average molecular weight is 232 g/mol. The van der Waals surface area contributed by atoms with Gasteiger partial charge in [0.25, 0.3) is 0 Å². The first kappa shape index (κ1) is 17.5. The lowest BCUT2D eigenvalue weighted by atomic mass is 9.98. The summed E-state index contributed by atoms with van der Waals surface area (Å²) >= 11 is 0. The van der Waals surface area contributed by atoms with Crippen molar-refractivity contribution in [3.05, 3.63) is 12.2 Å². The summed E-state index contributed by atoms with van der Waals surface area (Å²) in [6.07, 6.45) is 5.87. The molecular weight excluding hydrogens is 208 g/mol. The minimum absolute atomic E-state index is 0.156. The molecule has 4 nitrogen and oxygen atoms in total. The molecule has 96 valence electrons. The predicted octanol–water partition coefficient (Wildman–Crippen LogP) is 1.66. The number of carbonyl (C=O) groups excluding carboxylic acids is 1. The molecule has 1 rings (SSSR count). The van der Waals surface area contributed by atoms with E-state index in [1.54, 1.807) is 6.92 Å². The average Bonchev–Trinajstić information content (AvgIpc) is 2.35. The Morgan fingerprint density at radius 1 is 1.12 bits per heavy atom. The number of carbonyl (C=O) groups is 1. The molecule has 2 N–H and O–H groups in total. The van der Waals surface area contributed by atoms with Gasteiger partial charge in [-0.1, -0.05) is 13.0 Å². The molecule has 0 aromatic carbocycles. The molecule has 0 spiro atoms. The van der Waals surface area contributed by atoms with Crippen molar-refractivity contribution in [2.45, 2.75) is 45.1 Å². The highest BCUT2D eigenvalue weighted by molar-refractivity contribution is 5.87. The van der Waals surface area contributed by atoms with Gasteiger partial charge in [-0.05, 0) is 32.6 Å². The van der Waals surface area contributed by atoms with E-state index in [2.05, 4.69) is 6.58 Å². The van der Waals surface area contributed by atoms with Crippen molar-refractivity contribution < 1.29 is 19.7 Å². The van der Waals surface area contributed by atoms with Gasteiger partial charge in [0.15, 0.2) is 0 Å². The van der Waals surface area contributed by atoms with E-state index in [1.165, 1.54) is 19.3 Å². The number of aliphatic hydroxyl groups excluding tert-OH is 2. The highest BCUT2D eigenvalue weighted by Crippen LogP contribution is 2.20. The van der Waals surface area contributed by atoms with Gasteiger partial charge < -0.3 is 14.9 Å². The molecule has 0 unspecified atom stereocenters. The van der Waals surface area contributed by atoms with Gasteiger partial charge in [0.1, 0.15) is 6.10 Å². The third-order valence-electron chi connectivity index (χ3n) is 2.17. The maximum atomic E-state index is 11.1. The molecule has 0 bridgehead atoms. The van der Waals surface area contributed by atoms with Gasteiger partial charge in [-0.25, -0.2) is 4.79 Å². The fourth-order valence-electron chi connectivity index (χ4n) is 1.43. The quantitative estimate of drug-likeness (QED) is 0.561. The van der Waals surface area contributed by atoms with Crippen LogP contribution in [0.2, 0.25) is 0 Å². The molecule has 0 heterocycles. The normalized spacial score (nSPS) is 14.8. The zero-order valence-corrected chi connectivity index (χ0v) is 10.5. The fraction of sp³-hybridized carbons (Fsp3) is 0.750. The SMILES string of the molecule is C=C(C)C(=O)OC1CCCCC1.CO.CO. The van der Waals surface area contributed by atoms with Gasteiger partial charge in [0.05, 0.1) is 0 Å². The van der Waals surface area contributed by atoms with E-state index in [-0.39, 0.29) is 12.1 Å². The van der Waals surface area contributed by atoms with E-state index in [9.17, 15) is 4.79 Å². The molecule has 0 radical (unpaired) electrons. The summed E-state index contributed by atoms with van der Waals surface area (Å²) in [5.41, 5.74) is 0.501. The van der Waals surface area contributed by atoms with Crippen LogP contribution in [-0.2, 0) is 9.53 Å². The van der Waals surface area contributed by atoms with Crippen LogP contribution in [0.15, 0.2) is 12.2 Å². The molecule has 0 atom stereocenters. The summed E-state index contributed by atoms with van der Waals surface area (Å²) in [7, 11) is 2.00. The predicted molar refractivity (Wildman–Crippen MR) is 64.1 cm³/mol. The minimum atomic E-state index is -0.234. The maximum absolute atomic E-state index is 11.1. The third kappa shape index (κ3) is 8.44. The molecule has 16 heavy (non-hydrogen) atoms. The maximum Gasteiger partial charge on any atom is 0.333 e. The summed E-state index contributed by atoms with van der Waals surface area (Å²) < 4.78 is 5.21. The van der Waals surface area contributed by atoms with Gasteiger partial charge in [-0.15, -0.1) is 0 Å². The van der Waals surface area contributed by atoms with Crippen molar-refractivity contribution >= 4 is 5.97 Å². The first-order valence-electron chi connectivity index (χ1n) is 5.46. The van der Waals surface area contributed by atoms with E-state index < -0.39 is 0 Å². The number of rotatable bonds is 2. The number of ether oxygens (including phenoxy) is 1. The number of hydrogen-bond donors (Lipinski definition) is 2. The molecule has 0 aromatic rings. The zero-order valence-electron chi connectivity index (χ0n) is 10.5. The minimum Gasteiger partial charge on any atom is -0.459 e. The molecule has 0 amide bonds. The van der Waals surface area contributed by atoms with Crippen molar-refractivity contribution in [2.75, 3.05) is 14.2 Å². The number of hydrogen-bond acceptors (Lipinski definition) is 4. The highest BCUT2D eigenvalue weighted by Gasteiger charge is 2.17. The Balaban J connectivity index is 0. The Kier molecular flexibility index (Phi) is 13.4. The lowest BCUT2D eigenvalue weighted by Gasteiger charge is -2.21. The Labute approximate surface area is 97.9 Å². The molecule has 1 saturated carbocycles. The lowest BCUT2D eigenvalue weighted by molar-refractivity contribution is -0.145. The molecule has 0 aliphatic heterocycles. The Hall–Kier alpha value is -0.870. The second-order valence-electron chi connectivity index (χ2n) is 3.45. The first-order valence-corrected chi connectivity index (χ1v) is 5.46. The Bertz CT molecular complexity index is 183. The number of aliphatic hydroxyl groups is 2. The summed E-state index contributed by atoms with van der Waals surface area (Å²) in [4.78, 5) is 11.1. The van der Waals surface area contributed by atoms with Gasteiger partial charge in [-0.2, -0.15) is 0 Å². The highest BCUT2D eigenvalue weighted by atomic mass is 16.5. The second-order valence-corrected chi connectivity index (χ2v) is 3.45. The van der Waals surface area contributed by atoms with Crippen molar-refractivity contribution in [3.63, 3.8) is 0 Å². The molecule has 4 heteroatoms. The standard InChI is InChI=1S/C10H16O2.2CH4O/c1-8(2)10(11)12-9-6-4-3-5-7-9;2*1-2/h9H,1,3-7H2,2H3;2*2H,1H3. The monoisotopic (exact) mass is 232 g/mol. The zero-order chi connectivity index (χ0) is 13.0. The fourth-order valence-corrected chi connectivity index (χ4v) is 1.43. The smallest absolute Gasteiger partial charge is 0.333 e. The van der Waals surface area contributed by atoms with Crippen LogP contribution in [0.5, 0.6) is 0 Å². The van der Waals surface area contributed by atoms with Gasteiger partial charge in [-0.3, -0.25) is 0 Å². The van der Waals surface area contributed by atoms with Crippen LogP contribution in [0.3, 0.4) is 0 Å². The summed E-state index contributed by atoms with van der Waals surface area (Å²) in [5.74, 6) is -0.234. The van der Waals surface area contributed by atoms with E-state index in [4.69, 9.17) is 14.9 Å². The van der Waals surface area contributed by atoms with Crippen molar-refractivity contribution in [1.29, 1.82) is 0 Å². The third-order valence-corrected chi connectivity index (χ3v) is 2.17. The Morgan fingerprint density at radius 3 is 1.94 bits per heavy atom.